The van der Waals surface area contributed by atoms with Crippen LogP contribution in [0.3, 0.4) is 0 Å². The van der Waals surface area contributed by atoms with E-state index >= 15 is 0 Å². The fraction of sp³-hybridized carbons (Fsp3) is 0.462. The molecule has 0 aromatic heterocycles. The van der Waals surface area contributed by atoms with Crippen LogP contribution in [0, 0.1) is 0 Å². The van der Waals surface area contributed by atoms with Gasteiger partial charge in [0.2, 0.25) is 10.0 Å². The number of nitrogens with one attached hydrogen (secondary N) is 3. The van der Waals surface area contributed by atoms with E-state index < -0.39 is 10.0 Å². The Balaban J connectivity index is 0.00000400. The van der Waals surface area contributed by atoms with Crippen molar-refractivity contribution in [2.75, 3.05) is 26.7 Å². The Morgan fingerprint density at radius 3 is 2.52 bits per heavy atom. The van der Waals surface area contributed by atoms with E-state index in [0.717, 1.165) is 13.0 Å². The minimum absolute atomic E-state index is 0. The Kier molecular flexibility index (Phi) is 9.19. The molecule has 0 bridgehead atoms. The van der Waals surface area contributed by atoms with E-state index in [2.05, 4.69) is 22.3 Å². The molecule has 3 N–H and O–H groups in total. The second kappa shape index (κ2) is 9.73. The number of carbonyl (C=O) groups is 1. The van der Waals surface area contributed by atoms with Gasteiger partial charge in [0.15, 0.2) is 0 Å². The molecule has 0 aliphatic rings. The van der Waals surface area contributed by atoms with Crippen molar-refractivity contribution < 1.29 is 13.2 Å². The average Bonchev–Trinajstić information content (AvgIpc) is 2.47. The molecule has 0 spiro atoms. The van der Waals surface area contributed by atoms with Gasteiger partial charge in [0.25, 0.3) is 5.91 Å². The first-order valence-corrected chi connectivity index (χ1v) is 8.02. The van der Waals surface area contributed by atoms with Crippen LogP contribution in [0.1, 0.15) is 23.7 Å². The van der Waals surface area contributed by atoms with Gasteiger partial charge < -0.3 is 10.6 Å². The first-order valence-electron chi connectivity index (χ1n) is 6.53. The molecule has 0 radical (unpaired) electrons. The molecule has 0 aliphatic carbocycles. The van der Waals surface area contributed by atoms with Crippen LogP contribution in [0.25, 0.3) is 0 Å². The van der Waals surface area contributed by atoms with Gasteiger partial charge in [0.05, 0.1) is 4.90 Å². The van der Waals surface area contributed by atoms with Crippen molar-refractivity contribution in [3.05, 3.63) is 29.8 Å². The molecule has 0 fully saturated rings. The second-order valence-corrected chi connectivity index (χ2v) is 6.13. The van der Waals surface area contributed by atoms with E-state index in [1.807, 2.05) is 0 Å². The third kappa shape index (κ3) is 6.43. The molecule has 21 heavy (non-hydrogen) atoms. The number of benzene rings is 1. The smallest absolute Gasteiger partial charge is 0.251 e. The zero-order valence-corrected chi connectivity index (χ0v) is 13.8. The van der Waals surface area contributed by atoms with Crippen molar-refractivity contribution in [2.24, 2.45) is 0 Å². The van der Waals surface area contributed by atoms with Crippen LogP contribution in [-0.2, 0) is 10.0 Å². The summed E-state index contributed by atoms with van der Waals surface area (Å²) in [4.78, 5) is 12.0. The summed E-state index contributed by atoms with van der Waals surface area (Å²) in [7, 11) is -2.19. The predicted molar refractivity (Wildman–Crippen MR) is 85.4 cm³/mol. The molecule has 0 atom stereocenters. The second-order valence-electron chi connectivity index (χ2n) is 4.24. The molecule has 1 amide bonds. The molecular weight excluding hydrogens is 314 g/mol. The van der Waals surface area contributed by atoms with Crippen molar-refractivity contribution in [3.63, 3.8) is 0 Å². The summed E-state index contributed by atoms with van der Waals surface area (Å²) in [5.41, 5.74) is 0.330. The van der Waals surface area contributed by atoms with Crippen LogP contribution in [0.5, 0.6) is 0 Å². The maximum atomic E-state index is 11.9. The molecule has 120 valence electrons. The summed E-state index contributed by atoms with van der Waals surface area (Å²) < 4.78 is 25.5. The normalized spacial score (nSPS) is 10.8. The van der Waals surface area contributed by atoms with E-state index in [-0.39, 0.29) is 23.2 Å². The number of hydrogen-bond acceptors (Lipinski definition) is 4. The maximum absolute atomic E-state index is 11.9. The van der Waals surface area contributed by atoms with Gasteiger partial charge in [-0.05, 0) is 38.2 Å². The Bertz CT molecular complexity index is 549. The lowest BCUT2D eigenvalue weighted by atomic mass is 10.2. The van der Waals surface area contributed by atoms with E-state index in [1.54, 1.807) is 12.1 Å². The summed E-state index contributed by atoms with van der Waals surface area (Å²) in [5.74, 6) is -0.281. The van der Waals surface area contributed by atoms with Gasteiger partial charge in [-0.15, -0.1) is 12.4 Å². The Hall–Kier alpha value is -1.15. The van der Waals surface area contributed by atoms with Crippen molar-refractivity contribution in [1.82, 2.24) is 15.4 Å². The van der Waals surface area contributed by atoms with Crippen molar-refractivity contribution >= 4 is 28.3 Å². The first kappa shape index (κ1) is 19.9. The van der Waals surface area contributed by atoms with Crippen molar-refractivity contribution in [1.29, 1.82) is 0 Å². The molecule has 6 nitrogen and oxygen atoms in total. The topological polar surface area (TPSA) is 87.3 Å². The number of halogens is 1. The summed E-state index contributed by atoms with van der Waals surface area (Å²) in [6, 6.07) is 5.95. The number of carbonyl (C=O) groups excluding carboxylic acids is 1. The van der Waals surface area contributed by atoms with Gasteiger partial charge in [0, 0.05) is 18.7 Å². The molecule has 0 saturated heterocycles. The van der Waals surface area contributed by atoms with Gasteiger partial charge >= 0.3 is 0 Å². The SMILES string of the molecule is CCCNCCNC(=O)c1cccc(S(=O)(=O)NC)c1.Cl. The zero-order chi connectivity index (χ0) is 15.0. The molecule has 1 aromatic carbocycles. The standard InChI is InChI=1S/C13H21N3O3S.ClH/c1-3-7-15-8-9-16-13(17)11-5-4-6-12(10-11)20(18,19)14-2;/h4-6,10,14-15H,3,7-9H2,1-2H3,(H,16,17);1H. The van der Waals surface area contributed by atoms with Crippen LogP contribution >= 0.6 is 12.4 Å². The van der Waals surface area contributed by atoms with Crippen LogP contribution in [0.2, 0.25) is 0 Å². The van der Waals surface area contributed by atoms with Gasteiger partial charge in [-0.1, -0.05) is 13.0 Å². The first-order chi connectivity index (χ1) is 9.51. The van der Waals surface area contributed by atoms with Crippen LogP contribution in [0.15, 0.2) is 29.2 Å². The maximum Gasteiger partial charge on any atom is 0.251 e. The van der Waals surface area contributed by atoms with E-state index in [1.165, 1.54) is 19.2 Å². The lowest BCUT2D eigenvalue weighted by Crippen LogP contribution is -2.32. The lowest BCUT2D eigenvalue weighted by molar-refractivity contribution is 0.0953. The molecule has 0 saturated carbocycles. The summed E-state index contributed by atoms with van der Waals surface area (Å²) in [5, 5.41) is 5.90. The molecule has 0 unspecified atom stereocenters. The van der Waals surface area contributed by atoms with Crippen LogP contribution < -0.4 is 15.4 Å². The highest BCUT2D eigenvalue weighted by molar-refractivity contribution is 7.89. The summed E-state index contributed by atoms with van der Waals surface area (Å²) in [6.45, 7) is 4.17. The highest BCUT2D eigenvalue weighted by Crippen LogP contribution is 2.10. The highest BCUT2D eigenvalue weighted by Gasteiger charge is 2.13. The quantitative estimate of drug-likeness (QED) is 0.612. The summed E-state index contributed by atoms with van der Waals surface area (Å²) >= 11 is 0. The molecule has 0 aliphatic heterocycles. The molecule has 1 rings (SSSR count). The average molecular weight is 336 g/mol. The molecule has 8 heteroatoms. The fourth-order valence-electron chi connectivity index (χ4n) is 1.59. The van der Waals surface area contributed by atoms with Gasteiger partial charge in [-0.3, -0.25) is 4.79 Å². The number of sulfonamides is 1. The fourth-order valence-corrected chi connectivity index (χ4v) is 2.37. The monoisotopic (exact) mass is 335 g/mol. The zero-order valence-electron chi connectivity index (χ0n) is 12.2. The third-order valence-corrected chi connectivity index (χ3v) is 4.10. The van der Waals surface area contributed by atoms with Crippen molar-refractivity contribution in [3.8, 4) is 0 Å². The third-order valence-electron chi connectivity index (χ3n) is 2.69. The molecule has 0 heterocycles. The minimum atomic E-state index is -3.53. The molecule has 1 aromatic rings. The van der Waals surface area contributed by atoms with Gasteiger partial charge in [0.1, 0.15) is 0 Å². The largest absolute Gasteiger partial charge is 0.351 e. The lowest BCUT2D eigenvalue weighted by Gasteiger charge is -2.08. The Morgan fingerprint density at radius 2 is 1.90 bits per heavy atom. The van der Waals surface area contributed by atoms with Gasteiger partial charge in [-0.25, -0.2) is 13.1 Å². The van der Waals surface area contributed by atoms with E-state index in [9.17, 15) is 13.2 Å². The Labute approximate surface area is 132 Å². The Morgan fingerprint density at radius 1 is 1.19 bits per heavy atom. The van der Waals surface area contributed by atoms with Crippen LogP contribution in [-0.4, -0.2) is 41.0 Å². The predicted octanol–water partition coefficient (Wildman–Crippen LogP) is 0.746. The highest BCUT2D eigenvalue weighted by atomic mass is 35.5. The van der Waals surface area contributed by atoms with E-state index in [0.29, 0.717) is 18.7 Å². The number of rotatable bonds is 8. The van der Waals surface area contributed by atoms with Crippen molar-refractivity contribution in [2.45, 2.75) is 18.2 Å². The summed E-state index contributed by atoms with van der Waals surface area (Å²) in [6.07, 6.45) is 1.04. The van der Waals surface area contributed by atoms with Gasteiger partial charge in [-0.2, -0.15) is 0 Å². The number of hydrogen-bond donors (Lipinski definition) is 3. The van der Waals surface area contributed by atoms with E-state index in [4.69, 9.17) is 0 Å². The number of amides is 1. The minimum Gasteiger partial charge on any atom is -0.351 e. The molecular formula is C13H22ClN3O3S. The van der Waals surface area contributed by atoms with Crippen LogP contribution in [0.4, 0.5) is 0 Å².